The maximum atomic E-state index is 13.2. The Balaban J connectivity index is 2.05. The van der Waals surface area contributed by atoms with Crippen LogP contribution in [0.2, 0.25) is 10.0 Å². The molecule has 0 aliphatic heterocycles. The minimum absolute atomic E-state index is 0.0708. The Morgan fingerprint density at radius 3 is 2.80 bits per heavy atom. The standard InChI is InChI=1S/C13H9Cl2FN4/c14-8-4-11-12(18-5-8)20(13(17)19-11)6-7-1-2-10(16)9(15)3-7/h1-5H,6H2,(H2,17,19). The highest BCUT2D eigenvalue weighted by molar-refractivity contribution is 6.31. The zero-order chi connectivity index (χ0) is 14.3. The smallest absolute Gasteiger partial charge is 0.202 e. The third-order valence-electron chi connectivity index (χ3n) is 2.91. The highest BCUT2D eigenvalue weighted by Crippen LogP contribution is 2.22. The molecule has 0 saturated carbocycles. The number of rotatable bonds is 2. The van der Waals surface area contributed by atoms with Crippen LogP contribution in [0.4, 0.5) is 10.3 Å². The molecule has 1 aromatic carbocycles. The summed E-state index contributed by atoms with van der Waals surface area (Å²) in [6, 6.07) is 6.20. The van der Waals surface area contributed by atoms with Gasteiger partial charge in [-0.1, -0.05) is 29.3 Å². The molecular formula is C13H9Cl2FN4. The average Bonchev–Trinajstić information content (AvgIpc) is 2.69. The summed E-state index contributed by atoms with van der Waals surface area (Å²) in [6.07, 6.45) is 1.53. The Morgan fingerprint density at radius 1 is 1.25 bits per heavy atom. The predicted octanol–water partition coefficient (Wildman–Crippen LogP) is 3.51. The minimum atomic E-state index is -0.455. The van der Waals surface area contributed by atoms with Crippen molar-refractivity contribution < 1.29 is 4.39 Å². The van der Waals surface area contributed by atoms with Crippen molar-refractivity contribution in [2.24, 2.45) is 0 Å². The van der Waals surface area contributed by atoms with E-state index >= 15 is 0 Å². The lowest BCUT2D eigenvalue weighted by molar-refractivity contribution is 0.627. The zero-order valence-corrected chi connectivity index (χ0v) is 11.7. The molecule has 2 heterocycles. The number of nitrogens with zero attached hydrogens (tertiary/aromatic N) is 3. The predicted molar refractivity (Wildman–Crippen MR) is 77.5 cm³/mol. The van der Waals surface area contributed by atoms with Crippen molar-refractivity contribution in [1.29, 1.82) is 0 Å². The van der Waals surface area contributed by atoms with Crippen LogP contribution in [0.1, 0.15) is 5.56 Å². The van der Waals surface area contributed by atoms with Crippen molar-refractivity contribution in [1.82, 2.24) is 14.5 Å². The summed E-state index contributed by atoms with van der Waals surface area (Å²) in [5.74, 6) is -0.140. The molecule has 0 unspecified atom stereocenters. The lowest BCUT2D eigenvalue weighted by Crippen LogP contribution is -2.05. The molecule has 0 fully saturated rings. The number of hydrogen-bond donors (Lipinski definition) is 1. The van der Waals surface area contributed by atoms with E-state index in [4.69, 9.17) is 28.9 Å². The van der Waals surface area contributed by atoms with E-state index in [-0.39, 0.29) is 5.02 Å². The lowest BCUT2D eigenvalue weighted by Gasteiger charge is -2.06. The highest BCUT2D eigenvalue weighted by Gasteiger charge is 2.11. The maximum absolute atomic E-state index is 13.2. The van der Waals surface area contributed by atoms with Gasteiger partial charge in [-0.3, -0.25) is 4.57 Å². The van der Waals surface area contributed by atoms with Crippen LogP contribution in [-0.2, 0) is 6.54 Å². The Bertz CT molecular complexity index is 800. The van der Waals surface area contributed by atoms with Crippen LogP contribution >= 0.6 is 23.2 Å². The van der Waals surface area contributed by atoms with Gasteiger partial charge in [0.15, 0.2) is 5.65 Å². The SMILES string of the molecule is Nc1nc2cc(Cl)cnc2n1Cc1ccc(F)c(Cl)c1. The Labute approximate surface area is 124 Å². The number of pyridine rings is 1. The van der Waals surface area contributed by atoms with E-state index in [0.29, 0.717) is 28.7 Å². The number of nitrogen functional groups attached to an aromatic ring is 1. The van der Waals surface area contributed by atoms with Gasteiger partial charge < -0.3 is 5.73 Å². The van der Waals surface area contributed by atoms with E-state index < -0.39 is 5.82 Å². The van der Waals surface area contributed by atoms with Gasteiger partial charge in [0, 0.05) is 6.20 Å². The summed E-state index contributed by atoms with van der Waals surface area (Å²) in [6.45, 7) is 0.400. The van der Waals surface area contributed by atoms with E-state index in [0.717, 1.165) is 5.56 Å². The van der Waals surface area contributed by atoms with Gasteiger partial charge in [0.05, 0.1) is 16.6 Å². The zero-order valence-electron chi connectivity index (χ0n) is 10.1. The summed E-state index contributed by atoms with van der Waals surface area (Å²) < 4.78 is 14.9. The molecule has 0 saturated heterocycles. The fraction of sp³-hybridized carbons (Fsp3) is 0.0769. The van der Waals surface area contributed by atoms with Crippen molar-refractivity contribution in [2.75, 3.05) is 5.73 Å². The first-order chi connectivity index (χ1) is 9.54. The van der Waals surface area contributed by atoms with Gasteiger partial charge in [-0.05, 0) is 23.8 Å². The normalized spacial score (nSPS) is 11.2. The number of aromatic nitrogens is 3. The second-order valence-corrected chi connectivity index (χ2v) is 5.14. The average molecular weight is 311 g/mol. The molecule has 0 aliphatic rings. The summed E-state index contributed by atoms with van der Waals surface area (Å²) in [5, 5.41) is 0.563. The molecule has 3 rings (SSSR count). The topological polar surface area (TPSA) is 56.7 Å². The quantitative estimate of drug-likeness (QED) is 0.788. The van der Waals surface area contributed by atoms with E-state index in [1.54, 1.807) is 22.8 Å². The summed E-state index contributed by atoms with van der Waals surface area (Å²) in [5.41, 5.74) is 7.92. The lowest BCUT2D eigenvalue weighted by atomic mass is 10.2. The second-order valence-electron chi connectivity index (χ2n) is 4.30. The van der Waals surface area contributed by atoms with E-state index in [1.165, 1.54) is 12.3 Å². The Kier molecular flexibility index (Phi) is 3.23. The van der Waals surface area contributed by atoms with E-state index in [9.17, 15) is 4.39 Å². The molecule has 0 bridgehead atoms. The summed E-state index contributed by atoms with van der Waals surface area (Å²) >= 11 is 11.6. The van der Waals surface area contributed by atoms with Gasteiger partial charge >= 0.3 is 0 Å². The van der Waals surface area contributed by atoms with Gasteiger partial charge in [0.25, 0.3) is 0 Å². The molecule has 0 spiro atoms. The number of halogens is 3. The number of hydrogen-bond acceptors (Lipinski definition) is 3. The van der Waals surface area contributed by atoms with Crippen LogP contribution in [0.15, 0.2) is 30.5 Å². The van der Waals surface area contributed by atoms with Crippen LogP contribution < -0.4 is 5.73 Å². The maximum Gasteiger partial charge on any atom is 0.202 e. The highest BCUT2D eigenvalue weighted by atomic mass is 35.5. The minimum Gasteiger partial charge on any atom is -0.369 e. The van der Waals surface area contributed by atoms with Crippen molar-refractivity contribution >= 4 is 40.3 Å². The fourth-order valence-corrected chi connectivity index (χ4v) is 2.34. The van der Waals surface area contributed by atoms with Gasteiger partial charge in [-0.2, -0.15) is 0 Å². The molecular weight excluding hydrogens is 302 g/mol. The van der Waals surface area contributed by atoms with E-state index in [1.807, 2.05) is 0 Å². The number of anilines is 1. The van der Waals surface area contributed by atoms with E-state index in [2.05, 4.69) is 9.97 Å². The van der Waals surface area contributed by atoms with Crippen LogP contribution in [0, 0.1) is 5.82 Å². The molecule has 7 heteroatoms. The molecule has 0 aliphatic carbocycles. The Morgan fingerprint density at radius 2 is 2.05 bits per heavy atom. The largest absolute Gasteiger partial charge is 0.369 e. The van der Waals surface area contributed by atoms with Gasteiger partial charge in [0.1, 0.15) is 11.3 Å². The summed E-state index contributed by atoms with van der Waals surface area (Å²) in [7, 11) is 0. The second kappa shape index (κ2) is 4.92. The van der Waals surface area contributed by atoms with Crippen molar-refractivity contribution in [3.63, 3.8) is 0 Å². The molecule has 0 radical (unpaired) electrons. The first-order valence-electron chi connectivity index (χ1n) is 5.76. The molecule has 0 amide bonds. The van der Waals surface area contributed by atoms with Gasteiger partial charge in [0.2, 0.25) is 5.95 Å². The van der Waals surface area contributed by atoms with Crippen molar-refractivity contribution in [3.8, 4) is 0 Å². The first-order valence-corrected chi connectivity index (χ1v) is 6.51. The molecule has 3 aromatic rings. The van der Waals surface area contributed by atoms with Gasteiger partial charge in [-0.25, -0.2) is 14.4 Å². The molecule has 0 atom stereocenters. The third-order valence-corrected chi connectivity index (χ3v) is 3.40. The Hall–Kier alpha value is -1.85. The summed E-state index contributed by atoms with van der Waals surface area (Å²) in [4.78, 5) is 8.42. The van der Waals surface area contributed by atoms with Crippen molar-refractivity contribution in [3.05, 3.63) is 51.9 Å². The van der Waals surface area contributed by atoms with Crippen LogP contribution in [0.25, 0.3) is 11.2 Å². The molecule has 4 nitrogen and oxygen atoms in total. The molecule has 102 valence electrons. The van der Waals surface area contributed by atoms with Crippen LogP contribution in [-0.4, -0.2) is 14.5 Å². The van der Waals surface area contributed by atoms with Gasteiger partial charge in [-0.15, -0.1) is 0 Å². The van der Waals surface area contributed by atoms with Crippen LogP contribution in [0.3, 0.4) is 0 Å². The van der Waals surface area contributed by atoms with Crippen LogP contribution in [0.5, 0.6) is 0 Å². The monoisotopic (exact) mass is 310 g/mol. The number of nitrogens with two attached hydrogens (primary N) is 1. The fourth-order valence-electron chi connectivity index (χ4n) is 1.98. The number of fused-ring (bicyclic) bond motifs is 1. The first kappa shape index (κ1) is 13.1. The third kappa shape index (κ3) is 2.30. The molecule has 2 N–H and O–H groups in total. The van der Waals surface area contributed by atoms with Crippen molar-refractivity contribution in [2.45, 2.75) is 6.54 Å². The molecule has 20 heavy (non-hydrogen) atoms. The number of benzene rings is 1. The number of imidazole rings is 1. The molecule has 2 aromatic heterocycles.